The number of carboxylic acids is 1. The number of hydrogen-bond acceptors (Lipinski definition) is 3. The molecule has 4 nitrogen and oxygen atoms in total. The van der Waals surface area contributed by atoms with Crippen LogP contribution in [-0.4, -0.2) is 36.2 Å². The van der Waals surface area contributed by atoms with E-state index in [1.54, 1.807) is 0 Å². The van der Waals surface area contributed by atoms with Crippen LogP contribution >= 0.6 is 0 Å². The van der Waals surface area contributed by atoms with Crippen molar-refractivity contribution in [3.8, 4) is 0 Å². The first kappa shape index (κ1) is 12.9. The van der Waals surface area contributed by atoms with Gasteiger partial charge < -0.3 is 15.3 Å². The minimum absolute atomic E-state index is 0.0209. The molecule has 0 radical (unpaired) electrons. The molecule has 2 unspecified atom stereocenters. The summed E-state index contributed by atoms with van der Waals surface area (Å²) in [4.78, 5) is 13.1. The number of carboxylic acid groups (broad SMARTS) is 1. The predicted molar refractivity (Wildman–Crippen MR) is 72.0 cm³/mol. The standard InChI is InChI=1S/C14H20N2O2/c1-10-3-5-13(6-4-10)16-8-11(2)15-12(9-16)7-14(17)18/h3-6,11-12,15H,7-9H2,1-2H3,(H,17,18). The van der Waals surface area contributed by atoms with E-state index in [0.717, 1.165) is 13.1 Å². The van der Waals surface area contributed by atoms with E-state index in [0.29, 0.717) is 6.04 Å². The molecule has 0 aromatic heterocycles. The monoisotopic (exact) mass is 248 g/mol. The average molecular weight is 248 g/mol. The van der Waals surface area contributed by atoms with Gasteiger partial charge in [0, 0.05) is 30.9 Å². The molecule has 0 saturated carbocycles. The van der Waals surface area contributed by atoms with Crippen molar-refractivity contribution in [2.45, 2.75) is 32.4 Å². The average Bonchev–Trinajstić information content (AvgIpc) is 2.28. The minimum Gasteiger partial charge on any atom is -0.481 e. The third-order valence-corrected chi connectivity index (χ3v) is 3.28. The summed E-state index contributed by atoms with van der Waals surface area (Å²) in [5.41, 5.74) is 2.41. The van der Waals surface area contributed by atoms with Gasteiger partial charge in [0.1, 0.15) is 0 Å². The number of benzene rings is 1. The second-order valence-electron chi connectivity index (χ2n) is 5.10. The first-order chi connectivity index (χ1) is 8.54. The second-order valence-corrected chi connectivity index (χ2v) is 5.10. The Morgan fingerprint density at radius 3 is 2.67 bits per heavy atom. The van der Waals surface area contributed by atoms with Crippen molar-refractivity contribution in [3.05, 3.63) is 29.8 Å². The number of aliphatic carboxylic acids is 1. The molecule has 2 rings (SSSR count). The first-order valence-electron chi connectivity index (χ1n) is 6.34. The van der Waals surface area contributed by atoms with E-state index >= 15 is 0 Å². The Bertz CT molecular complexity index is 416. The lowest BCUT2D eigenvalue weighted by Crippen LogP contribution is -2.56. The van der Waals surface area contributed by atoms with Crippen LogP contribution in [0.1, 0.15) is 18.9 Å². The van der Waals surface area contributed by atoms with Crippen molar-refractivity contribution >= 4 is 11.7 Å². The largest absolute Gasteiger partial charge is 0.481 e. The van der Waals surface area contributed by atoms with Gasteiger partial charge in [0.2, 0.25) is 0 Å². The van der Waals surface area contributed by atoms with Gasteiger partial charge in [-0.15, -0.1) is 0 Å². The van der Waals surface area contributed by atoms with Gasteiger partial charge in [0.05, 0.1) is 6.42 Å². The fraction of sp³-hybridized carbons (Fsp3) is 0.500. The summed E-state index contributed by atoms with van der Waals surface area (Å²) in [6, 6.07) is 8.72. The van der Waals surface area contributed by atoms with Gasteiger partial charge >= 0.3 is 5.97 Å². The van der Waals surface area contributed by atoms with E-state index in [1.807, 2.05) is 0 Å². The highest BCUT2D eigenvalue weighted by Crippen LogP contribution is 2.19. The van der Waals surface area contributed by atoms with Crippen LogP contribution in [-0.2, 0) is 4.79 Å². The molecule has 18 heavy (non-hydrogen) atoms. The van der Waals surface area contributed by atoms with E-state index in [2.05, 4.69) is 48.3 Å². The fourth-order valence-electron chi connectivity index (χ4n) is 2.48. The Labute approximate surface area is 108 Å². The molecule has 1 saturated heterocycles. The van der Waals surface area contributed by atoms with Gasteiger partial charge in [-0.05, 0) is 26.0 Å². The van der Waals surface area contributed by atoms with Gasteiger partial charge in [0.15, 0.2) is 0 Å². The molecule has 1 fully saturated rings. The van der Waals surface area contributed by atoms with Crippen LogP contribution in [0.15, 0.2) is 24.3 Å². The summed E-state index contributed by atoms with van der Waals surface area (Å²) in [5, 5.41) is 12.2. The zero-order valence-electron chi connectivity index (χ0n) is 10.9. The van der Waals surface area contributed by atoms with Crippen LogP contribution in [0.5, 0.6) is 0 Å². The molecule has 2 N–H and O–H groups in total. The van der Waals surface area contributed by atoms with E-state index in [9.17, 15) is 4.79 Å². The molecule has 0 spiro atoms. The number of rotatable bonds is 3. The van der Waals surface area contributed by atoms with Crippen LogP contribution in [0.2, 0.25) is 0 Å². The molecule has 98 valence electrons. The van der Waals surface area contributed by atoms with Crippen LogP contribution in [0.4, 0.5) is 5.69 Å². The Kier molecular flexibility index (Phi) is 3.87. The highest BCUT2D eigenvalue weighted by Gasteiger charge is 2.25. The summed E-state index contributed by atoms with van der Waals surface area (Å²) in [5.74, 6) is -0.745. The summed E-state index contributed by atoms with van der Waals surface area (Å²) < 4.78 is 0. The Balaban J connectivity index is 2.08. The number of anilines is 1. The second kappa shape index (κ2) is 5.40. The summed E-state index contributed by atoms with van der Waals surface area (Å²) in [6.45, 7) is 5.82. The van der Waals surface area contributed by atoms with Crippen molar-refractivity contribution in [1.82, 2.24) is 5.32 Å². The molecule has 1 heterocycles. The third-order valence-electron chi connectivity index (χ3n) is 3.28. The topological polar surface area (TPSA) is 52.6 Å². The smallest absolute Gasteiger partial charge is 0.304 e. The number of nitrogens with one attached hydrogen (secondary N) is 1. The van der Waals surface area contributed by atoms with Crippen LogP contribution < -0.4 is 10.2 Å². The van der Waals surface area contributed by atoms with E-state index in [4.69, 9.17) is 5.11 Å². The lowest BCUT2D eigenvalue weighted by Gasteiger charge is -2.38. The molecule has 1 aromatic carbocycles. The summed E-state index contributed by atoms with van der Waals surface area (Å²) in [6.07, 6.45) is 0.173. The van der Waals surface area contributed by atoms with E-state index in [-0.39, 0.29) is 12.5 Å². The van der Waals surface area contributed by atoms with Crippen LogP contribution in [0.3, 0.4) is 0 Å². The maximum absolute atomic E-state index is 10.8. The number of hydrogen-bond donors (Lipinski definition) is 2. The molecule has 1 aliphatic heterocycles. The quantitative estimate of drug-likeness (QED) is 0.854. The highest BCUT2D eigenvalue weighted by atomic mass is 16.4. The maximum atomic E-state index is 10.8. The lowest BCUT2D eigenvalue weighted by molar-refractivity contribution is -0.137. The Hall–Kier alpha value is -1.55. The molecular weight excluding hydrogens is 228 g/mol. The molecule has 2 atom stereocenters. The molecule has 1 aliphatic rings. The van der Waals surface area contributed by atoms with Crippen LogP contribution in [0, 0.1) is 6.92 Å². The summed E-state index contributed by atoms with van der Waals surface area (Å²) in [7, 11) is 0. The number of piperazine rings is 1. The van der Waals surface area contributed by atoms with Gasteiger partial charge in [-0.1, -0.05) is 17.7 Å². The highest BCUT2D eigenvalue weighted by molar-refractivity contribution is 5.67. The lowest BCUT2D eigenvalue weighted by atomic mass is 10.1. The van der Waals surface area contributed by atoms with Crippen LogP contribution in [0.25, 0.3) is 0 Å². The molecule has 0 aliphatic carbocycles. The fourth-order valence-corrected chi connectivity index (χ4v) is 2.48. The van der Waals surface area contributed by atoms with Gasteiger partial charge in [-0.2, -0.15) is 0 Å². The zero-order valence-corrected chi connectivity index (χ0v) is 10.9. The molecule has 1 aromatic rings. The normalized spacial score (nSPS) is 24.0. The van der Waals surface area contributed by atoms with Gasteiger partial charge in [-0.25, -0.2) is 0 Å². The van der Waals surface area contributed by atoms with E-state index < -0.39 is 5.97 Å². The molecular formula is C14H20N2O2. The third kappa shape index (κ3) is 3.23. The van der Waals surface area contributed by atoms with Crippen molar-refractivity contribution in [2.75, 3.05) is 18.0 Å². The van der Waals surface area contributed by atoms with Gasteiger partial charge in [0.25, 0.3) is 0 Å². The Morgan fingerprint density at radius 1 is 1.39 bits per heavy atom. The van der Waals surface area contributed by atoms with Crippen molar-refractivity contribution in [1.29, 1.82) is 0 Å². The Morgan fingerprint density at radius 2 is 2.06 bits per heavy atom. The zero-order chi connectivity index (χ0) is 13.1. The number of aryl methyl sites for hydroxylation is 1. The number of carbonyl (C=O) groups is 1. The van der Waals surface area contributed by atoms with Crippen molar-refractivity contribution in [2.24, 2.45) is 0 Å². The number of nitrogens with zero attached hydrogens (tertiary/aromatic N) is 1. The minimum atomic E-state index is -0.745. The summed E-state index contributed by atoms with van der Waals surface area (Å²) >= 11 is 0. The van der Waals surface area contributed by atoms with Crippen molar-refractivity contribution < 1.29 is 9.90 Å². The first-order valence-corrected chi connectivity index (χ1v) is 6.34. The molecule has 0 amide bonds. The maximum Gasteiger partial charge on any atom is 0.304 e. The SMILES string of the molecule is Cc1ccc(N2CC(C)NC(CC(=O)O)C2)cc1. The molecule has 4 heteroatoms. The van der Waals surface area contributed by atoms with Crippen molar-refractivity contribution in [3.63, 3.8) is 0 Å². The van der Waals surface area contributed by atoms with Gasteiger partial charge in [-0.3, -0.25) is 4.79 Å². The van der Waals surface area contributed by atoms with E-state index in [1.165, 1.54) is 11.3 Å². The molecule has 0 bridgehead atoms. The predicted octanol–water partition coefficient (Wildman–Crippen LogP) is 1.64.